The first-order valence-corrected chi connectivity index (χ1v) is 5.80. The molecule has 0 amide bonds. The van der Waals surface area contributed by atoms with Crippen molar-refractivity contribution in [2.75, 3.05) is 7.11 Å². The number of esters is 1. The lowest BCUT2D eigenvalue weighted by molar-refractivity contribution is 0.0600. The highest BCUT2D eigenvalue weighted by Crippen LogP contribution is 2.25. The number of halogens is 2. The Morgan fingerprint density at radius 3 is 2.70 bits per heavy atom. The van der Waals surface area contributed by atoms with Crippen molar-refractivity contribution >= 4 is 5.97 Å². The predicted octanol–water partition coefficient (Wildman–Crippen LogP) is 2.27. The topological polar surface area (TPSA) is 65.2 Å². The van der Waals surface area contributed by atoms with Crippen LogP contribution in [0, 0.1) is 11.6 Å². The highest BCUT2D eigenvalue weighted by molar-refractivity contribution is 5.96. The third-order valence-corrected chi connectivity index (χ3v) is 2.75. The minimum absolute atomic E-state index is 0.00286. The molecule has 1 aromatic heterocycles. The van der Waals surface area contributed by atoms with Gasteiger partial charge in [-0.1, -0.05) is 12.1 Å². The van der Waals surface area contributed by atoms with Crippen LogP contribution in [0.4, 0.5) is 8.78 Å². The number of benzene rings is 1. The van der Waals surface area contributed by atoms with E-state index in [1.165, 1.54) is 25.3 Å². The maximum atomic E-state index is 13.7. The zero-order valence-corrected chi connectivity index (χ0v) is 10.7. The van der Waals surface area contributed by atoms with Crippen LogP contribution in [-0.2, 0) is 11.3 Å². The van der Waals surface area contributed by atoms with Gasteiger partial charge in [0.2, 0.25) is 0 Å². The molecule has 0 aliphatic carbocycles. The second kappa shape index (κ2) is 5.75. The molecule has 2 N–H and O–H groups in total. The molecule has 4 nitrogen and oxygen atoms in total. The van der Waals surface area contributed by atoms with Crippen LogP contribution in [0.3, 0.4) is 0 Å². The molecular formula is C14H12F2N2O2. The lowest BCUT2D eigenvalue weighted by Crippen LogP contribution is -2.11. The number of hydrogen-bond donors (Lipinski definition) is 1. The maximum Gasteiger partial charge on any atom is 0.340 e. The average Bonchev–Trinajstić information content (AvgIpc) is 2.46. The summed E-state index contributed by atoms with van der Waals surface area (Å²) in [6.07, 6.45) is 0. The molecular weight excluding hydrogens is 266 g/mol. The maximum absolute atomic E-state index is 13.7. The van der Waals surface area contributed by atoms with Crippen molar-refractivity contribution in [3.63, 3.8) is 0 Å². The number of pyridine rings is 1. The molecule has 104 valence electrons. The van der Waals surface area contributed by atoms with Crippen LogP contribution in [0.1, 0.15) is 16.1 Å². The summed E-state index contributed by atoms with van der Waals surface area (Å²) in [7, 11) is 1.17. The fourth-order valence-electron chi connectivity index (χ4n) is 1.79. The summed E-state index contributed by atoms with van der Waals surface area (Å²) in [5, 5.41) is 0. The summed E-state index contributed by atoms with van der Waals surface area (Å²) in [5.41, 5.74) is 5.80. The number of aromatic nitrogens is 1. The SMILES string of the molecule is COC(=O)c1cc(F)c(CN)nc1-c1cccc(F)c1. The molecule has 0 spiro atoms. The zero-order chi connectivity index (χ0) is 14.7. The number of carbonyl (C=O) groups excluding carboxylic acids is 1. The number of rotatable bonds is 3. The van der Waals surface area contributed by atoms with Crippen LogP contribution < -0.4 is 5.73 Å². The number of ether oxygens (including phenoxy) is 1. The minimum Gasteiger partial charge on any atom is -0.465 e. The van der Waals surface area contributed by atoms with Crippen LogP contribution in [0.2, 0.25) is 0 Å². The van der Waals surface area contributed by atoms with Crippen molar-refractivity contribution in [2.45, 2.75) is 6.54 Å². The Morgan fingerprint density at radius 1 is 1.35 bits per heavy atom. The van der Waals surface area contributed by atoms with E-state index in [0.29, 0.717) is 5.56 Å². The summed E-state index contributed by atoms with van der Waals surface area (Å²) in [5.74, 6) is -1.94. The van der Waals surface area contributed by atoms with E-state index in [-0.39, 0.29) is 23.5 Å². The van der Waals surface area contributed by atoms with E-state index >= 15 is 0 Å². The Balaban J connectivity index is 2.68. The lowest BCUT2D eigenvalue weighted by atomic mass is 10.0. The quantitative estimate of drug-likeness (QED) is 0.875. The van der Waals surface area contributed by atoms with E-state index in [1.54, 1.807) is 6.07 Å². The molecule has 6 heteroatoms. The van der Waals surface area contributed by atoms with E-state index in [4.69, 9.17) is 5.73 Å². The van der Waals surface area contributed by atoms with Crippen LogP contribution in [0.15, 0.2) is 30.3 Å². The Kier molecular flexibility index (Phi) is 4.05. The van der Waals surface area contributed by atoms with Crippen molar-refractivity contribution in [1.29, 1.82) is 0 Å². The fraction of sp³-hybridized carbons (Fsp3) is 0.143. The molecule has 0 bridgehead atoms. The number of nitrogens with zero attached hydrogens (tertiary/aromatic N) is 1. The standard InChI is InChI=1S/C14H12F2N2O2/c1-20-14(19)10-6-11(16)12(7-17)18-13(10)8-3-2-4-9(15)5-8/h2-6H,7,17H2,1H3. The first-order chi connectivity index (χ1) is 9.56. The number of carbonyl (C=O) groups is 1. The Labute approximate surface area is 114 Å². The first-order valence-electron chi connectivity index (χ1n) is 5.80. The van der Waals surface area contributed by atoms with Gasteiger partial charge in [-0.05, 0) is 18.2 Å². The van der Waals surface area contributed by atoms with Gasteiger partial charge in [0.1, 0.15) is 11.6 Å². The zero-order valence-electron chi connectivity index (χ0n) is 10.7. The van der Waals surface area contributed by atoms with Gasteiger partial charge in [-0.3, -0.25) is 0 Å². The molecule has 0 aliphatic heterocycles. The molecule has 2 rings (SSSR count). The summed E-state index contributed by atoms with van der Waals surface area (Å²) < 4.78 is 31.6. The predicted molar refractivity (Wildman–Crippen MR) is 68.8 cm³/mol. The van der Waals surface area contributed by atoms with Gasteiger partial charge in [0, 0.05) is 12.1 Å². The van der Waals surface area contributed by atoms with Gasteiger partial charge in [-0.25, -0.2) is 18.6 Å². The molecule has 0 fully saturated rings. The van der Waals surface area contributed by atoms with E-state index in [2.05, 4.69) is 9.72 Å². The minimum atomic E-state index is -0.751. The van der Waals surface area contributed by atoms with E-state index in [9.17, 15) is 13.6 Å². The largest absolute Gasteiger partial charge is 0.465 e. The Hall–Kier alpha value is -2.34. The van der Waals surface area contributed by atoms with Crippen LogP contribution >= 0.6 is 0 Å². The van der Waals surface area contributed by atoms with Gasteiger partial charge in [0.15, 0.2) is 0 Å². The molecule has 0 aliphatic rings. The lowest BCUT2D eigenvalue weighted by Gasteiger charge is -2.10. The molecule has 1 heterocycles. The highest BCUT2D eigenvalue weighted by Gasteiger charge is 2.19. The molecule has 0 saturated heterocycles. The molecule has 0 atom stereocenters. The third kappa shape index (κ3) is 2.65. The van der Waals surface area contributed by atoms with Crippen molar-refractivity contribution in [3.05, 3.63) is 53.2 Å². The smallest absolute Gasteiger partial charge is 0.340 e. The average molecular weight is 278 g/mol. The molecule has 1 aromatic carbocycles. The van der Waals surface area contributed by atoms with Crippen LogP contribution in [-0.4, -0.2) is 18.1 Å². The van der Waals surface area contributed by atoms with E-state index in [1.807, 2.05) is 0 Å². The van der Waals surface area contributed by atoms with Crippen molar-refractivity contribution in [2.24, 2.45) is 5.73 Å². The van der Waals surface area contributed by atoms with Crippen molar-refractivity contribution in [3.8, 4) is 11.3 Å². The van der Waals surface area contributed by atoms with Crippen molar-refractivity contribution < 1.29 is 18.3 Å². The molecule has 20 heavy (non-hydrogen) atoms. The van der Waals surface area contributed by atoms with E-state index < -0.39 is 17.6 Å². The third-order valence-electron chi connectivity index (χ3n) is 2.75. The monoisotopic (exact) mass is 278 g/mol. The number of hydrogen-bond acceptors (Lipinski definition) is 4. The second-order valence-electron chi connectivity index (χ2n) is 4.02. The summed E-state index contributed by atoms with van der Waals surface area (Å²) in [4.78, 5) is 15.7. The summed E-state index contributed by atoms with van der Waals surface area (Å²) >= 11 is 0. The van der Waals surface area contributed by atoms with Gasteiger partial charge in [-0.15, -0.1) is 0 Å². The highest BCUT2D eigenvalue weighted by atomic mass is 19.1. The Morgan fingerprint density at radius 2 is 2.10 bits per heavy atom. The summed E-state index contributed by atoms with van der Waals surface area (Å²) in [6, 6.07) is 6.50. The second-order valence-corrected chi connectivity index (χ2v) is 4.02. The van der Waals surface area contributed by atoms with Crippen LogP contribution in [0.5, 0.6) is 0 Å². The number of nitrogens with two attached hydrogens (primary N) is 1. The normalized spacial score (nSPS) is 10.4. The van der Waals surface area contributed by atoms with Gasteiger partial charge in [0.25, 0.3) is 0 Å². The van der Waals surface area contributed by atoms with Gasteiger partial charge >= 0.3 is 5.97 Å². The van der Waals surface area contributed by atoms with Gasteiger partial charge in [0.05, 0.1) is 24.1 Å². The first kappa shape index (κ1) is 14.1. The fourth-order valence-corrected chi connectivity index (χ4v) is 1.79. The van der Waals surface area contributed by atoms with E-state index in [0.717, 1.165) is 6.07 Å². The molecule has 0 unspecified atom stereocenters. The molecule has 0 saturated carbocycles. The van der Waals surface area contributed by atoms with Crippen LogP contribution in [0.25, 0.3) is 11.3 Å². The van der Waals surface area contributed by atoms with Crippen molar-refractivity contribution in [1.82, 2.24) is 4.98 Å². The van der Waals surface area contributed by atoms with Gasteiger partial charge < -0.3 is 10.5 Å². The molecule has 0 radical (unpaired) electrons. The van der Waals surface area contributed by atoms with Gasteiger partial charge in [-0.2, -0.15) is 0 Å². The number of methoxy groups -OCH3 is 1. The molecule has 2 aromatic rings. The summed E-state index contributed by atoms with van der Waals surface area (Å²) in [6.45, 7) is -0.129. The Bertz CT molecular complexity index is 660.